The molecule has 0 spiro atoms. The van der Waals surface area contributed by atoms with Gasteiger partial charge in [-0.25, -0.2) is 14.2 Å². The number of halogens is 1. The van der Waals surface area contributed by atoms with Crippen molar-refractivity contribution in [3.63, 3.8) is 0 Å². The second kappa shape index (κ2) is 10.2. The van der Waals surface area contributed by atoms with Crippen molar-refractivity contribution in [2.45, 2.75) is 41.8 Å². The van der Waals surface area contributed by atoms with Crippen molar-refractivity contribution in [1.29, 1.82) is 0 Å². The highest BCUT2D eigenvalue weighted by Crippen LogP contribution is 2.32. The predicted molar refractivity (Wildman–Crippen MR) is 161 cm³/mol. The number of hydrogen-bond acceptors (Lipinski definition) is 7. The number of carbonyl (C=O) groups excluding carboxylic acids is 1. The minimum absolute atomic E-state index is 0.0160. The average molecular weight is 500 g/mol. The van der Waals surface area contributed by atoms with Gasteiger partial charge in [0.05, 0.1) is 65.3 Å². The number of carbonyl (C=O) groups is 1. The Bertz CT molecular complexity index is 1240. The first-order valence-corrected chi connectivity index (χ1v) is 13.2. The number of likely N-dealkylation sites (tertiary alicyclic amines) is 1. The van der Waals surface area contributed by atoms with Crippen LogP contribution in [0.2, 0.25) is 10.2 Å². The number of piperidine rings is 1. The molecule has 3 aromatic rings. The zero-order valence-corrected chi connectivity index (χ0v) is 22.9. The van der Waals surface area contributed by atoms with E-state index in [-0.39, 0.29) is 34.9 Å². The molecule has 16 heteroatoms. The van der Waals surface area contributed by atoms with Crippen LogP contribution in [0.25, 0.3) is 21.5 Å². The van der Waals surface area contributed by atoms with E-state index in [9.17, 15) is 4.79 Å². The molecule has 0 aromatic carbocycles. The Morgan fingerprint density at radius 2 is 1.86 bits per heavy atom. The van der Waals surface area contributed by atoms with Crippen LogP contribution in [0.1, 0.15) is 11.4 Å². The molecule has 3 aromatic heterocycles. The van der Waals surface area contributed by atoms with Crippen molar-refractivity contribution in [2.75, 3.05) is 18.4 Å². The van der Waals surface area contributed by atoms with Gasteiger partial charge >= 0.3 is 6.03 Å². The number of nitrogens with zero attached hydrogens (tertiary/aromatic N) is 5. The summed E-state index contributed by atoms with van der Waals surface area (Å²) in [5, 5.41) is 17.1. The Kier molecular flexibility index (Phi) is 7.57. The Labute approximate surface area is 220 Å². The molecule has 2 amide bonds. The molecule has 0 unspecified atom stereocenters. The highest BCUT2D eigenvalue weighted by molar-refractivity contribution is 7.14. The average Bonchev–Trinajstić information content (AvgIpc) is 3.22. The largest absolute Gasteiger partial charge is 0.323 e. The van der Waals surface area contributed by atoms with E-state index in [4.69, 9.17) is 0 Å². The fourth-order valence-corrected chi connectivity index (χ4v) is 5.78. The summed E-state index contributed by atoms with van der Waals surface area (Å²) in [6.07, 6.45) is 2.76. The third kappa shape index (κ3) is 6.14. The summed E-state index contributed by atoms with van der Waals surface area (Å²) in [4.78, 5) is 23.2. The summed E-state index contributed by atoms with van der Waals surface area (Å²) < 4.78 is 15.2. The Hall–Kier alpha value is -2.33. The number of urea groups is 1. The van der Waals surface area contributed by atoms with E-state index < -0.39 is 6.17 Å². The molecule has 2 N–H and O–H groups in total. The number of fused-ring (bicyclic) bond motifs is 1. The van der Waals surface area contributed by atoms with Gasteiger partial charge in [-0.1, -0.05) is 21.6 Å². The number of hydrogen-bond donors (Lipinski definition) is 2. The third-order valence-corrected chi connectivity index (χ3v) is 7.40. The first-order chi connectivity index (χ1) is 16.8. The zero-order chi connectivity index (χ0) is 26.3. The summed E-state index contributed by atoms with van der Waals surface area (Å²) in [6.45, 7) is 2.42. The van der Waals surface area contributed by atoms with Gasteiger partial charge in [-0.05, 0) is 31.5 Å². The van der Waals surface area contributed by atoms with Gasteiger partial charge in [0.25, 0.3) is 0 Å². The van der Waals surface area contributed by atoms with Gasteiger partial charge < -0.3 is 10.2 Å². The standard InChI is InChI=1S/C20H30B6FN7OS/c1-9-32-33-16(36-9)11-4-10-5-15(29-7-14(10)28-6-11)31-18(35)34-3-2-13(12(27)8-34)30-17(19(21,22)23)20(24,25)26/h4-7,12-13,17,30H,2-3,8,21-26H2,1H3,(H,29,31,35)/t12-,13-/m0/s1. The summed E-state index contributed by atoms with van der Waals surface area (Å²) in [5.74, 6) is 0.399. The maximum Gasteiger partial charge on any atom is 0.323 e. The lowest BCUT2D eigenvalue weighted by Crippen LogP contribution is -2.60. The predicted octanol–water partition coefficient (Wildman–Crippen LogP) is -2.69. The van der Waals surface area contributed by atoms with Crippen LogP contribution in [0, 0.1) is 6.92 Å². The highest BCUT2D eigenvalue weighted by atomic mass is 32.1. The normalized spacial score (nSPS) is 19.0. The third-order valence-electron chi connectivity index (χ3n) is 6.52. The van der Waals surface area contributed by atoms with E-state index >= 15 is 4.39 Å². The van der Waals surface area contributed by atoms with Crippen LogP contribution < -0.4 is 10.6 Å². The van der Waals surface area contributed by atoms with E-state index in [1.54, 1.807) is 18.5 Å². The first-order valence-electron chi connectivity index (χ1n) is 12.3. The molecule has 4 heterocycles. The Morgan fingerprint density at radius 1 is 1.14 bits per heavy atom. The van der Waals surface area contributed by atoms with Crippen molar-refractivity contribution in [3.8, 4) is 10.6 Å². The zero-order valence-electron chi connectivity index (χ0n) is 22.1. The number of aryl methyl sites for hydroxylation is 1. The van der Waals surface area contributed by atoms with E-state index in [2.05, 4.69) is 77.9 Å². The summed E-state index contributed by atoms with van der Waals surface area (Å²) in [5.41, 5.74) is 1.57. The minimum atomic E-state index is -1.15. The lowest BCUT2D eigenvalue weighted by atomic mass is 9.27. The number of aromatic nitrogens is 4. The van der Waals surface area contributed by atoms with Gasteiger partial charge in [0, 0.05) is 29.7 Å². The monoisotopic (exact) mass is 501 g/mol. The SMILES string of the molecule is BC(B)(B)C(N[C@H]1CCN(C(=O)Nc2cc3cc(-c4nnc(C)s4)cnc3cn2)C[C@@H]1F)C(B)(B)B. The maximum atomic E-state index is 15.2. The molecular formula is C20H30B6FN7OS. The fourth-order valence-electron chi connectivity index (χ4n) is 5.11. The van der Waals surface area contributed by atoms with E-state index in [0.29, 0.717) is 24.3 Å². The lowest BCUT2D eigenvalue weighted by molar-refractivity contribution is 0.116. The molecule has 1 saturated heterocycles. The molecule has 36 heavy (non-hydrogen) atoms. The molecule has 0 bridgehead atoms. The van der Waals surface area contributed by atoms with Crippen LogP contribution in [-0.2, 0) is 0 Å². The van der Waals surface area contributed by atoms with Crippen LogP contribution in [-0.4, -0.2) is 110 Å². The van der Waals surface area contributed by atoms with Crippen LogP contribution >= 0.6 is 11.3 Å². The molecule has 182 valence electrons. The van der Waals surface area contributed by atoms with Crippen LogP contribution in [0.3, 0.4) is 0 Å². The minimum Gasteiger partial charge on any atom is -0.321 e. The van der Waals surface area contributed by atoms with Crippen molar-refractivity contribution in [1.82, 2.24) is 30.4 Å². The number of amides is 2. The molecule has 0 aliphatic carbocycles. The number of pyridine rings is 2. The van der Waals surface area contributed by atoms with Crippen molar-refractivity contribution in [2.24, 2.45) is 0 Å². The summed E-state index contributed by atoms with van der Waals surface area (Å²) in [7, 11) is 13.1. The first kappa shape index (κ1) is 26.7. The van der Waals surface area contributed by atoms with Crippen molar-refractivity contribution >= 4 is 81.2 Å². The topological polar surface area (TPSA) is 95.9 Å². The van der Waals surface area contributed by atoms with Gasteiger partial charge in [-0.15, -0.1) is 10.2 Å². The number of nitrogens with one attached hydrogen (secondary N) is 2. The molecule has 1 aliphatic rings. The van der Waals surface area contributed by atoms with E-state index in [1.807, 2.05) is 13.0 Å². The van der Waals surface area contributed by atoms with E-state index in [1.165, 1.54) is 16.2 Å². The second-order valence-corrected chi connectivity index (χ2v) is 12.9. The van der Waals surface area contributed by atoms with E-state index in [0.717, 1.165) is 21.0 Å². The second-order valence-electron chi connectivity index (χ2n) is 11.7. The smallest absolute Gasteiger partial charge is 0.321 e. The molecule has 1 aliphatic heterocycles. The van der Waals surface area contributed by atoms with Crippen LogP contribution in [0.5, 0.6) is 0 Å². The van der Waals surface area contributed by atoms with Gasteiger partial charge in [0.1, 0.15) is 22.0 Å². The molecule has 0 radical (unpaired) electrons. The Balaban J connectivity index is 1.41. The fraction of sp³-hybridized carbons (Fsp3) is 0.450. The molecule has 8 nitrogen and oxygen atoms in total. The van der Waals surface area contributed by atoms with Crippen LogP contribution in [0.4, 0.5) is 15.0 Å². The molecule has 2 atom stereocenters. The number of alkyl halides is 1. The number of rotatable bonds is 6. The van der Waals surface area contributed by atoms with Crippen molar-refractivity contribution in [3.05, 3.63) is 29.5 Å². The van der Waals surface area contributed by atoms with Gasteiger partial charge in [0.2, 0.25) is 0 Å². The maximum absolute atomic E-state index is 15.2. The molecular weight excluding hydrogens is 470 g/mol. The number of anilines is 1. The van der Waals surface area contributed by atoms with Crippen LogP contribution in [0.15, 0.2) is 24.5 Å². The highest BCUT2D eigenvalue weighted by Gasteiger charge is 2.39. The van der Waals surface area contributed by atoms with Gasteiger partial charge in [-0.2, -0.15) is 0 Å². The summed E-state index contributed by atoms with van der Waals surface area (Å²) >= 11 is 1.49. The molecule has 1 fully saturated rings. The Morgan fingerprint density at radius 3 is 2.47 bits per heavy atom. The molecule has 0 saturated carbocycles. The molecule has 4 rings (SSSR count). The summed E-state index contributed by atoms with van der Waals surface area (Å²) in [6, 6.07) is 3.23. The van der Waals surface area contributed by atoms with Crippen molar-refractivity contribution < 1.29 is 9.18 Å². The lowest BCUT2D eigenvalue weighted by Gasteiger charge is -2.46. The quantitative estimate of drug-likeness (QED) is 0.358. The van der Waals surface area contributed by atoms with Gasteiger partial charge in [-0.3, -0.25) is 10.3 Å². The van der Waals surface area contributed by atoms with Gasteiger partial charge in [0.15, 0.2) is 0 Å².